The van der Waals surface area contributed by atoms with E-state index in [0.29, 0.717) is 11.3 Å². The maximum absolute atomic E-state index is 11.2. The van der Waals surface area contributed by atoms with Crippen LogP contribution in [0.15, 0.2) is 16.6 Å². The lowest BCUT2D eigenvalue weighted by atomic mass is 10.0. The quantitative estimate of drug-likeness (QED) is 0.762. The smallest absolute Gasteiger partial charge is 0.161 e. The molecule has 1 aromatic carbocycles. The van der Waals surface area contributed by atoms with Gasteiger partial charge in [-0.25, -0.2) is 0 Å². The summed E-state index contributed by atoms with van der Waals surface area (Å²) in [5, 5.41) is 8.87. The Hall–Kier alpha value is -1.34. The average Bonchev–Trinajstić information content (AvgIpc) is 2.16. The second kappa shape index (κ2) is 4.25. The molecule has 1 rings (SSSR count). The van der Waals surface area contributed by atoms with E-state index in [1.54, 1.807) is 12.1 Å². The number of nitriles is 1. The zero-order valence-corrected chi connectivity index (χ0v) is 9.38. The highest BCUT2D eigenvalue weighted by atomic mass is 79.9. The summed E-state index contributed by atoms with van der Waals surface area (Å²) in [6.45, 7) is 1.42. The molecular weight excluding hydrogens is 246 g/mol. The van der Waals surface area contributed by atoms with E-state index in [1.165, 1.54) is 14.0 Å². The first-order chi connectivity index (χ1) is 6.60. The Bertz CT molecular complexity index is 421. The van der Waals surface area contributed by atoms with Crippen LogP contribution < -0.4 is 4.74 Å². The number of carbonyl (C=O) groups is 1. The highest BCUT2D eigenvalue weighted by Crippen LogP contribution is 2.27. The summed E-state index contributed by atoms with van der Waals surface area (Å²) >= 11 is 3.24. The van der Waals surface area contributed by atoms with E-state index >= 15 is 0 Å². The monoisotopic (exact) mass is 253 g/mol. The molecule has 0 fully saturated rings. The Morgan fingerprint density at radius 2 is 2.21 bits per heavy atom. The maximum atomic E-state index is 11.2. The van der Waals surface area contributed by atoms with Gasteiger partial charge in [-0.2, -0.15) is 5.26 Å². The number of nitrogens with zero attached hydrogens (tertiary/aromatic N) is 1. The van der Waals surface area contributed by atoms with Crippen molar-refractivity contribution in [3.05, 3.63) is 27.7 Å². The van der Waals surface area contributed by atoms with E-state index in [0.717, 1.165) is 4.47 Å². The molecule has 0 aliphatic heterocycles. The number of carbonyl (C=O) groups excluding carboxylic acids is 1. The first kappa shape index (κ1) is 10.7. The van der Waals surface area contributed by atoms with Crippen LogP contribution in [0.5, 0.6) is 5.75 Å². The van der Waals surface area contributed by atoms with E-state index < -0.39 is 0 Å². The van der Waals surface area contributed by atoms with Gasteiger partial charge >= 0.3 is 0 Å². The number of hydrogen-bond donors (Lipinski definition) is 0. The number of rotatable bonds is 2. The first-order valence-electron chi connectivity index (χ1n) is 3.88. The van der Waals surface area contributed by atoms with Crippen molar-refractivity contribution in [3.63, 3.8) is 0 Å². The van der Waals surface area contributed by atoms with Crippen molar-refractivity contribution in [1.29, 1.82) is 5.26 Å². The van der Waals surface area contributed by atoms with Crippen LogP contribution in [-0.2, 0) is 0 Å². The topological polar surface area (TPSA) is 50.1 Å². The molecule has 0 heterocycles. The number of ketones is 1. The molecule has 0 N–H and O–H groups in total. The van der Waals surface area contributed by atoms with E-state index in [9.17, 15) is 4.79 Å². The molecule has 0 spiro atoms. The predicted octanol–water partition coefficient (Wildman–Crippen LogP) is 2.53. The Morgan fingerprint density at radius 3 is 2.64 bits per heavy atom. The molecule has 0 saturated heterocycles. The van der Waals surface area contributed by atoms with Gasteiger partial charge in [0.25, 0.3) is 0 Å². The summed E-state index contributed by atoms with van der Waals surface area (Å²) in [6.07, 6.45) is 0. The van der Waals surface area contributed by atoms with Crippen molar-refractivity contribution in [3.8, 4) is 11.8 Å². The minimum atomic E-state index is -0.152. The molecule has 0 aromatic heterocycles. The van der Waals surface area contributed by atoms with Crippen LogP contribution in [0.3, 0.4) is 0 Å². The summed E-state index contributed by atoms with van der Waals surface area (Å²) in [5.74, 6) is 0.258. The van der Waals surface area contributed by atoms with Crippen LogP contribution in [0.4, 0.5) is 0 Å². The highest BCUT2D eigenvalue weighted by molar-refractivity contribution is 9.10. The summed E-state index contributed by atoms with van der Waals surface area (Å²) in [4.78, 5) is 11.2. The Kier molecular flexibility index (Phi) is 3.26. The molecule has 4 heteroatoms. The Morgan fingerprint density at radius 1 is 1.57 bits per heavy atom. The predicted molar refractivity (Wildman–Crippen MR) is 55.4 cm³/mol. The van der Waals surface area contributed by atoms with E-state index in [-0.39, 0.29) is 11.3 Å². The molecule has 3 nitrogen and oxygen atoms in total. The van der Waals surface area contributed by atoms with Gasteiger partial charge in [0.2, 0.25) is 0 Å². The Balaban J connectivity index is 3.49. The van der Waals surface area contributed by atoms with Gasteiger partial charge in [-0.05, 0) is 19.1 Å². The van der Waals surface area contributed by atoms with Gasteiger partial charge in [0, 0.05) is 10.0 Å². The number of methoxy groups -OCH3 is 1. The maximum Gasteiger partial charge on any atom is 0.161 e. The fourth-order valence-corrected chi connectivity index (χ4v) is 1.57. The fourth-order valence-electron chi connectivity index (χ4n) is 1.14. The third kappa shape index (κ3) is 1.94. The molecule has 0 aliphatic carbocycles. The molecule has 0 amide bonds. The zero-order valence-electron chi connectivity index (χ0n) is 7.80. The lowest BCUT2D eigenvalue weighted by molar-refractivity contribution is 0.101. The van der Waals surface area contributed by atoms with Crippen molar-refractivity contribution in [2.24, 2.45) is 0 Å². The number of ether oxygens (including phenoxy) is 1. The van der Waals surface area contributed by atoms with E-state index in [2.05, 4.69) is 15.9 Å². The van der Waals surface area contributed by atoms with Crippen LogP contribution in [0.25, 0.3) is 0 Å². The van der Waals surface area contributed by atoms with Crippen molar-refractivity contribution in [1.82, 2.24) is 0 Å². The fraction of sp³-hybridized carbons (Fsp3) is 0.200. The first-order valence-corrected chi connectivity index (χ1v) is 4.68. The number of benzene rings is 1. The molecule has 0 radical (unpaired) electrons. The van der Waals surface area contributed by atoms with Gasteiger partial charge in [0.1, 0.15) is 17.4 Å². The summed E-state index contributed by atoms with van der Waals surface area (Å²) in [6, 6.07) is 5.23. The SMILES string of the molecule is COc1cc(Br)cc(C(C)=O)c1C#N. The molecule has 0 saturated carbocycles. The van der Waals surface area contributed by atoms with Crippen molar-refractivity contribution in [2.75, 3.05) is 7.11 Å². The van der Waals surface area contributed by atoms with Gasteiger partial charge in [0.15, 0.2) is 5.78 Å². The molecule has 14 heavy (non-hydrogen) atoms. The minimum Gasteiger partial charge on any atom is -0.495 e. The lowest BCUT2D eigenvalue weighted by Gasteiger charge is -2.06. The molecule has 0 aliphatic rings. The number of hydrogen-bond acceptors (Lipinski definition) is 3. The van der Waals surface area contributed by atoms with Crippen LogP contribution in [-0.4, -0.2) is 12.9 Å². The summed E-state index contributed by atoms with van der Waals surface area (Å²) in [7, 11) is 1.46. The van der Waals surface area contributed by atoms with Gasteiger partial charge in [-0.1, -0.05) is 15.9 Å². The summed E-state index contributed by atoms with van der Waals surface area (Å²) in [5.41, 5.74) is 0.655. The average molecular weight is 254 g/mol. The van der Waals surface area contributed by atoms with Gasteiger partial charge in [-0.15, -0.1) is 0 Å². The highest BCUT2D eigenvalue weighted by Gasteiger charge is 2.13. The van der Waals surface area contributed by atoms with Crippen LogP contribution >= 0.6 is 15.9 Å². The van der Waals surface area contributed by atoms with Gasteiger partial charge in [0.05, 0.1) is 7.11 Å². The third-order valence-electron chi connectivity index (χ3n) is 1.78. The van der Waals surface area contributed by atoms with E-state index in [4.69, 9.17) is 10.00 Å². The molecule has 72 valence electrons. The zero-order chi connectivity index (χ0) is 10.7. The Labute approximate surface area is 90.4 Å². The minimum absolute atomic E-state index is 0.152. The van der Waals surface area contributed by atoms with Crippen LogP contribution in [0.1, 0.15) is 22.8 Å². The second-order valence-corrected chi connectivity index (χ2v) is 3.61. The van der Waals surface area contributed by atoms with Crippen molar-refractivity contribution in [2.45, 2.75) is 6.92 Å². The van der Waals surface area contributed by atoms with Crippen LogP contribution in [0.2, 0.25) is 0 Å². The normalized spacial score (nSPS) is 9.29. The number of Topliss-reactive ketones (excluding diaryl/α,β-unsaturated/α-hetero) is 1. The van der Waals surface area contributed by atoms with Crippen molar-refractivity contribution >= 4 is 21.7 Å². The molecule has 0 unspecified atom stereocenters. The molecule has 0 bridgehead atoms. The second-order valence-electron chi connectivity index (χ2n) is 2.70. The van der Waals surface area contributed by atoms with E-state index in [1.807, 2.05) is 6.07 Å². The van der Waals surface area contributed by atoms with Crippen LogP contribution in [0, 0.1) is 11.3 Å². The standard InChI is InChI=1S/C10H8BrNO2/c1-6(13)8-3-7(11)4-10(14-2)9(8)5-12/h3-4H,1-2H3. The third-order valence-corrected chi connectivity index (χ3v) is 2.24. The largest absolute Gasteiger partial charge is 0.495 e. The van der Waals surface area contributed by atoms with Gasteiger partial charge in [-0.3, -0.25) is 4.79 Å². The number of halogens is 1. The lowest BCUT2D eigenvalue weighted by Crippen LogP contribution is -1.99. The summed E-state index contributed by atoms with van der Waals surface area (Å²) < 4.78 is 5.72. The van der Waals surface area contributed by atoms with Gasteiger partial charge < -0.3 is 4.74 Å². The molecular formula is C10H8BrNO2. The van der Waals surface area contributed by atoms with Crippen molar-refractivity contribution < 1.29 is 9.53 Å². The molecule has 1 aromatic rings. The molecule has 0 atom stereocenters.